The summed E-state index contributed by atoms with van der Waals surface area (Å²) in [7, 11) is 0. The highest BCUT2D eigenvalue weighted by Gasteiger charge is 2.25. The molecule has 94 valence electrons. The molecule has 0 saturated carbocycles. The van der Waals surface area contributed by atoms with E-state index in [0.717, 1.165) is 19.3 Å². The molecule has 4 heteroatoms. The summed E-state index contributed by atoms with van der Waals surface area (Å²) in [6.45, 7) is 6.30. The summed E-state index contributed by atoms with van der Waals surface area (Å²) in [5, 5.41) is 12.4. The van der Waals surface area contributed by atoms with E-state index in [9.17, 15) is 4.79 Å². The summed E-state index contributed by atoms with van der Waals surface area (Å²) in [4.78, 5) is 15.2. The summed E-state index contributed by atoms with van der Waals surface area (Å²) in [5.41, 5.74) is 0.158. The molecule has 0 bridgehead atoms. The zero-order valence-electron chi connectivity index (χ0n) is 10.7. The molecule has 0 aliphatic rings. The van der Waals surface area contributed by atoms with E-state index in [2.05, 4.69) is 31.1 Å². The molecular formula is C13H20N2O2. The van der Waals surface area contributed by atoms with E-state index in [4.69, 9.17) is 5.11 Å². The van der Waals surface area contributed by atoms with E-state index in [-0.39, 0.29) is 11.1 Å². The van der Waals surface area contributed by atoms with Crippen molar-refractivity contribution in [2.24, 2.45) is 0 Å². The van der Waals surface area contributed by atoms with Gasteiger partial charge in [-0.1, -0.05) is 20.8 Å². The average Bonchev–Trinajstić information content (AvgIpc) is 2.36. The zero-order chi connectivity index (χ0) is 12.9. The van der Waals surface area contributed by atoms with Crippen molar-refractivity contribution in [3.05, 3.63) is 23.9 Å². The number of carboxylic acid groups (broad SMARTS) is 1. The highest BCUT2D eigenvalue weighted by molar-refractivity contribution is 5.93. The van der Waals surface area contributed by atoms with Gasteiger partial charge in [-0.05, 0) is 31.4 Å². The van der Waals surface area contributed by atoms with Gasteiger partial charge in [-0.3, -0.25) is 0 Å². The topological polar surface area (TPSA) is 62.2 Å². The highest BCUT2D eigenvalue weighted by atomic mass is 16.4. The first-order valence-corrected chi connectivity index (χ1v) is 6.05. The predicted octanol–water partition coefficient (Wildman–Crippen LogP) is 3.16. The van der Waals surface area contributed by atoms with Crippen LogP contribution < -0.4 is 5.32 Å². The van der Waals surface area contributed by atoms with Gasteiger partial charge >= 0.3 is 5.97 Å². The van der Waals surface area contributed by atoms with Crippen LogP contribution in [0.15, 0.2) is 18.3 Å². The predicted molar refractivity (Wildman–Crippen MR) is 68.4 cm³/mol. The van der Waals surface area contributed by atoms with Gasteiger partial charge in [0.1, 0.15) is 11.4 Å². The number of nitrogens with zero attached hydrogens (tertiary/aromatic N) is 1. The number of aromatic nitrogens is 1. The van der Waals surface area contributed by atoms with E-state index >= 15 is 0 Å². The average molecular weight is 236 g/mol. The third-order valence-corrected chi connectivity index (χ3v) is 3.45. The molecule has 0 atom stereocenters. The fourth-order valence-corrected chi connectivity index (χ4v) is 1.94. The molecule has 0 unspecified atom stereocenters. The number of pyridine rings is 1. The van der Waals surface area contributed by atoms with Crippen molar-refractivity contribution < 1.29 is 9.90 Å². The van der Waals surface area contributed by atoms with Crippen molar-refractivity contribution >= 4 is 11.8 Å². The molecule has 0 amide bonds. The molecule has 0 aliphatic heterocycles. The van der Waals surface area contributed by atoms with E-state index in [1.165, 1.54) is 0 Å². The second-order valence-electron chi connectivity index (χ2n) is 4.17. The van der Waals surface area contributed by atoms with E-state index in [1.807, 2.05) is 0 Å². The normalized spacial score (nSPS) is 11.2. The largest absolute Gasteiger partial charge is 0.478 e. The second-order valence-corrected chi connectivity index (χ2v) is 4.17. The lowest BCUT2D eigenvalue weighted by Gasteiger charge is -2.32. The van der Waals surface area contributed by atoms with Crippen LogP contribution in [-0.4, -0.2) is 21.6 Å². The minimum absolute atomic E-state index is 0.0709. The molecule has 0 aliphatic carbocycles. The van der Waals surface area contributed by atoms with Crippen LogP contribution in [0.5, 0.6) is 0 Å². The summed E-state index contributed by atoms with van der Waals surface area (Å²) in [6.07, 6.45) is 4.43. The van der Waals surface area contributed by atoms with Crippen molar-refractivity contribution in [3.63, 3.8) is 0 Å². The first kappa shape index (κ1) is 13.5. The van der Waals surface area contributed by atoms with Gasteiger partial charge in [0.15, 0.2) is 0 Å². The molecule has 0 saturated heterocycles. The second kappa shape index (κ2) is 5.66. The number of nitrogens with one attached hydrogen (secondary N) is 1. The maximum Gasteiger partial charge on any atom is 0.339 e. The lowest BCUT2D eigenvalue weighted by Crippen LogP contribution is -2.37. The van der Waals surface area contributed by atoms with E-state index in [0.29, 0.717) is 5.82 Å². The van der Waals surface area contributed by atoms with Crippen LogP contribution in [0.1, 0.15) is 50.4 Å². The van der Waals surface area contributed by atoms with Crippen LogP contribution in [0.3, 0.4) is 0 Å². The van der Waals surface area contributed by atoms with Gasteiger partial charge in [-0.2, -0.15) is 0 Å². The SMILES string of the molecule is CCC(CC)(CC)Nc1ncccc1C(=O)O. The smallest absolute Gasteiger partial charge is 0.339 e. The summed E-state index contributed by atoms with van der Waals surface area (Å²) in [6, 6.07) is 3.21. The molecule has 17 heavy (non-hydrogen) atoms. The number of hydrogen-bond acceptors (Lipinski definition) is 3. The Hall–Kier alpha value is -1.58. The Bertz CT molecular complexity index is 378. The van der Waals surface area contributed by atoms with Gasteiger partial charge in [-0.25, -0.2) is 9.78 Å². The Morgan fingerprint density at radius 1 is 1.35 bits per heavy atom. The minimum atomic E-state index is -0.946. The third-order valence-electron chi connectivity index (χ3n) is 3.45. The Morgan fingerprint density at radius 3 is 2.41 bits per heavy atom. The van der Waals surface area contributed by atoms with Crippen molar-refractivity contribution in [1.29, 1.82) is 0 Å². The van der Waals surface area contributed by atoms with Crippen LogP contribution in [-0.2, 0) is 0 Å². The Balaban J connectivity index is 3.05. The summed E-state index contributed by atoms with van der Waals surface area (Å²) >= 11 is 0. The number of aromatic carboxylic acids is 1. The van der Waals surface area contributed by atoms with Crippen molar-refractivity contribution in [3.8, 4) is 0 Å². The van der Waals surface area contributed by atoms with Gasteiger partial charge in [0.2, 0.25) is 0 Å². The molecular weight excluding hydrogens is 216 g/mol. The Labute approximate surface area is 102 Å². The van der Waals surface area contributed by atoms with Gasteiger partial charge in [0, 0.05) is 11.7 Å². The summed E-state index contributed by atoms with van der Waals surface area (Å²) < 4.78 is 0. The van der Waals surface area contributed by atoms with Crippen LogP contribution >= 0.6 is 0 Å². The summed E-state index contributed by atoms with van der Waals surface area (Å²) in [5.74, 6) is -0.483. The molecule has 0 radical (unpaired) electrons. The third kappa shape index (κ3) is 2.96. The molecule has 4 nitrogen and oxygen atoms in total. The Morgan fingerprint density at radius 2 is 1.94 bits per heavy atom. The molecule has 0 fully saturated rings. The first-order valence-electron chi connectivity index (χ1n) is 6.05. The minimum Gasteiger partial charge on any atom is -0.478 e. The molecule has 1 heterocycles. The van der Waals surface area contributed by atoms with Crippen LogP contribution in [0, 0.1) is 0 Å². The van der Waals surface area contributed by atoms with Gasteiger partial charge in [0.25, 0.3) is 0 Å². The van der Waals surface area contributed by atoms with Gasteiger partial charge < -0.3 is 10.4 Å². The number of anilines is 1. The zero-order valence-corrected chi connectivity index (χ0v) is 10.7. The maximum absolute atomic E-state index is 11.1. The standard InChI is InChI=1S/C13H20N2O2/c1-4-13(5-2,6-3)15-11-10(12(16)17)8-7-9-14-11/h7-9H,4-6H2,1-3H3,(H,14,15)(H,16,17). The molecule has 2 N–H and O–H groups in total. The fourth-order valence-electron chi connectivity index (χ4n) is 1.94. The molecule has 1 aromatic heterocycles. The Kier molecular flexibility index (Phi) is 4.49. The van der Waals surface area contributed by atoms with Crippen LogP contribution in [0.2, 0.25) is 0 Å². The van der Waals surface area contributed by atoms with Crippen LogP contribution in [0.25, 0.3) is 0 Å². The highest BCUT2D eigenvalue weighted by Crippen LogP contribution is 2.26. The lowest BCUT2D eigenvalue weighted by molar-refractivity contribution is 0.0697. The fraction of sp³-hybridized carbons (Fsp3) is 0.538. The van der Waals surface area contributed by atoms with Gasteiger partial charge in [-0.15, -0.1) is 0 Å². The quantitative estimate of drug-likeness (QED) is 0.796. The molecule has 1 rings (SSSR count). The molecule has 1 aromatic rings. The monoisotopic (exact) mass is 236 g/mol. The number of carbonyl (C=O) groups is 1. The molecule has 0 aromatic carbocycles. The number of rotatable bonds is 6. The lowest BCUT2D eigenvalue weighted by atomic mass is 9.89. The first-order chi connectivity index (χ1) is 8.08. The van der Waals surface area contributed by atoms with Crippen molar-refractivity contribution in [1.82, 2.24) is 4.98 Å². The molecule has 0 spiro atoms. The van der Waals surface area contributed by atoms with E-state index in [1.54, 1.807) is 18.3 Å². The number of hydrogen-bond donors (Lipinski definition) is 2. The van der Waals surface area contributed by atoms with Crippen molar-refractivity contribution in [2.45, 2.75) is 45.6 Å². The number of carboxylic acids is 1. The van der Waals surface area contributed by atoms with E-state index < -0.39 is 5.97 Å². The van der Waals surface area contributed by atoms with Gasteiger partial charge in [0.05, 0.1) is 0 Å². The van der Waals surface area contributed by atoms with Crippen molar-refractivity contribution in [2.75, 3.05) is 5.32 Å². The van der Waals surface area contributed by atoms with Crippen LogP contribution in [0.4, 0.5) is 5.82 Å². The maximum atomic E-state index is 11.1.